The fourth-order valence-corrected chi connectivity index (χ4v) is 1.71. The number of hydrogen-bond acceptors (Lipinski definition) is 3. The lowest BCUT2D eigenvalue weighted by atomic mass is 9.88. The van der Waals surface area contributed by atoms with Gasteiger partial charge in [-0.2, -0.15) is 0 Å². The molecule has 0 aliphatic heterocycles. The van der Waals surface area contributed by atoms with Crippen molar-refractivity contribution in [2.24, 2.45) is 5.41 Å². The number of anilines is 2. The quantitative estimate of drug-likeness (QED) is 0.688. The lowest BCUT2D eigenvalue weighted by Crippen LogP contribution is -2.24. The molecule has 0 radical (unpaired) electrons. The van der Waals surface area contributed by atoms with E-state index < -0.39 is 11.6 Å². The maximum Gasteiger partial charge on any atom is 0.151 e. The summed E-state index contributed by atoms with van der Waals surface area (Å²) in [4.78, 5) is 0. The number of halogens is 2. The number of aliphatic hydroxyl groups is 1. The van der Waals surface area contributed by atoms with Crippen molar-refractivity contribution in [1.82, 2.24) is 0 Å². The summed E-state index contributed by atoms with van der Waals surface area (Å²) in [6.45, 7) is 4.70. The first-order valence-corrected chi connectivity index (χ1v) is 5.95. The van der Waals surface area contributed by atoms with Crippen molar-refractivity contribution in [2.75, 3.05) is 24.2 Å². The van der Waals surface area contributed by atoms with Crippen LogP contribution in [0.1, 0.15) is 26.7 Å². The predicted molar refractivity (Wildman–Crippen MR) is 69.4 cm³/mol. The second-order valence-corrected chi connectivity index (χ2v) is 5.19. The summed E-state index contributed by atoms with van der Waals surface area (Å²) in [7, 11) is 0. The molecule has 18 heavy (non-hydrogen) atoms. The minimum Gasteiger partial charge on any atom is -0.396 e. The van der Waals surface area contributed by atoms with Crippen molar-refractivity contribution >= 4 is 11.4 Å². The predicted octanol–water partition coefficient (Wildman–Crippen LogP) is 2.76. The molecular weight excluding hydrogens is 238 g/mol. The van der Waals surface area contributed by atoms with Crippen molar-refractivity contribution in [3.05, 3.63) is 23.8 Å². The van der Waals surface area contributed by atoms with E-state index in [0.717, 1.165) is 12.5 Å². The summed E-state index contributed by atoms with van der Waals surface area (Å²) in [5, 5.41) is 11.7. The molecule has 4 N–H and O–H groups in total. The molecule has 0 spiro atoms. The summed E-state index contributed by atoms with van der Waals surface area (Å²) in [5.41, 5.74) is 5.64. The number of nitrogens with one attached hydrogen (secondary N) is 1. The lowest BCUT2D eigenvalue weighted by Gasteiger charge is -2.25. The van der Waals surface area contributed by atoms with Crippen molar-refractivity contribution in [3.63, 3.8) is 0 Å². The highest BCUT2D eigenvalue weighted by molar-refractivity contribution is 5.66. The smallest absolute Gasteiger partial charge is 0.151 e. The first-order valence-electron chi connectivity index (χ1n) is 5.95. The van der Waals surface area contributed by atoms with E-state index >= 15 is 0 Å². The fraction of sp³-hybridized carbons (Fsp3) is 0.538. The van der Waals surface area contributed by atoms with Crippen LogP contribution in [0.3, 0.4) is 0 Å². The van der Waals surface area contributed by atoms with E-state index in [1.807, 2.05) is 13.8 Å². The normalized spacial score (nSPS) is 11.6. The summed E-state index contributed by atoms with van der Waals surface area (Å²) in [6, 6.07) is 1.94. The Morgan fingerprint density at radius 1 is 1.33 bits per heavy atom. The standard InChI is InChI=1S/C13H20F2N2O/c1-13(2,4-3-5-18)8-17-11-7-9(14)6-10(15)12(11)16/h6-7,17-18H,3-5,8,16H2,1-2H3. The average molecular weight is 258 g/mol. The van der Waals surface area contributed by atoms with Crippen LogP contribution in [0.15, 0.2) is 12.1 Å². The lowest BCUT2D eigenvalue weighted by molar-refractivity contribution is 0.248. The topological polar surface area (TPSA) is 58.3 Å². The van der Waals surface area contributed by atoms with Gasteiger partial charge in [-0.05, 0) is 24.3 Å². The summed E-state index contributed by atoms with van der Waals surface area (Å²) in [6.07, 6.45) is 1.51. The highest BCUT2D eigenvalue weighted by Crippen LogP contribution is 2.27. The minimum absolute atomic E-state index is 0.0747. The molecule has 102 valence electrons. The van der Waals surface area contributed by atoms with Crippen LogP contribution in [0, 0.1) is 17.0 Å². The van der Waals surface area contributed by atoms with E-state index in [4.69, 9.17) is 10.8 Å². The molecule has 3 nitrogen and oxygen atoms in total. The Bertz CT molecular complexity index is 408. The Balaban J connectivity index is 2.68. The largest absolute Gasteiger partial charge is 0.396 e. The van der Waals surface area contributed by atoms with Crippen LogP contribution < -0.4 is 11.1 Å². The Morgan fingerprint density at radius 2 is 2.00 bits per heavy atom. The fourth-order valence-electron chi connectivity index (χ4n) is 1.71. The minimum atomic E-state index is -0.759. The van der Waals surface area contributed by atoms with E-state index in [9.17, 15) is 8.78 Å². The number of aliphatic hydroxyl groups excluding tert-OH is 1. The number of nitrogens with two attached hydrogens (primary N) is 1. The van der Waals surface area contributed by atoms with Crippen LogP contribution in [-0.4, -0.2) is 18.3 Å². The third-order valence-electron chi connectivity index (χ3n) is 2.86. The number of benzene rings is 1. The molecule has 0 aromatic heterocycles. The highest BCUT2D eigenvalue weighted by atomic mass is 19.1. The molecule has 0 saturated carbocycles. The zero-order valence-corrected chi connectivity index (χ0v) is 10.8. The van der Waals surface area contributed by atoms with Gasteiger partial charge in [0.05, 0.1) is 11.4 Å². The average Bonchev–Trinajstić information content (AvgIpc) is 2.29. The van der Waals surface area contributed by atoms with Gasteiger partial charge in [0.2, 0.25) is 0 Å². The highest BCUT2D eigenvalue weighted by Gasteiger charge is 2.18. The molecule has 0 aliphatic carbocycles. The van der Waals surface area contributed by atoms with Crippen molar-refractivity contribution in [3.8, 4) is 0 Å². The Hall–Kier alpha value is -1.36. The molecule has 0 saturated heterocycles. The van der Waals surface area contributed by atoms with Gasteiger partial charge in [-0.25, -0.2) is 8.78 Å². The third kappa shape index (κ3) is 4.14. The van der Waals surface area contributed by atoms with Gasteiger partial charge in [0.1, 0.15) is 5.82 Å². The Morgan fingerprint density at radius 3 is 2.61 bits per heavy atom. The van der Waals surface area contributed by atoms with E-state index in [1.165, 1.54) is 6.07 Å². The molecular formula is C13H20F2N2O. The summed E-state index contributed by atoms with van der Waals surface area (Å²) >= 11 is 0. The van der Waals surface area contributed by atoms with E-state index in [-0.39, 0.29) is 23.4 Å². The monoisotopic (exact) mass is 258 g/mol. The van der Waals surface area contributed by atoms with Crippen LogP contribution in [0.5, 0.6) is 0 Å². The Labute approximate surface area is 106 Å². The van der Waals surface area contributed by atoms with Crippen LogP contribution in [0.2, 0.25) is 0 Å². The van der Waals surface area contributed by atoms with E-state index in [1.54, 1.807) is 0 Å². The molecule has 0 atom stereocenters. The number of hydrogen-bond donors (Lipinski definition) is 3. The van der Waals surface area contributed by atoms with Gasteiger partial charge in [-0.1, -0.05) is 13.8 Å². The third-order valence-corrected chi connectivity index (χ3v) is 2.86. The maximum atomic E-state index is 13.2. The van der Waals surface area contributed by atoms with Crippen LogP contribution >= 0.6 is 0 Å². The van der Waals surface area contributed by atoms with Gasteiger partial charge >= 0.3 is 0 Å². The molecule has 0 fully saturated rings. The van der Waals surface area contributed by atoms with Crippen molar-refractivity contribution in [1.29, 1.82) is 0 Å². The number of nitrogen functional groups attached to an aromatic ring is 1. The van der Waals surface area contributed by atoms with Gasteiger partial charge in [-0.3, -0.25) is 0 Å². The summed E-state index contributed by atoms with van der Waals surface area (Å²) in [5.74, 6) is -1.41. The van der Waals surface area contributed by atoms with E-state index in [2.05, 4.69) is 5.32 Å². The van der Waals surface area contributed by atoms with Crippen LogP contribution in [0.25, 0.3) is 0 Å². The van der Waals surface area contributed by atoms with Gasteiger partial charge in [0.25, 0.3) is 0 Å². The molecule has 1 aromatic rings. The molecule has 5 heteroatoms. The second-order valence-electron chi connectivity index (χ2n) is 5.19. The molecule has 0 heterocycles. The van der Waals surface area contributed by atoms with Crippen molar-refractivity contribution < 1.29 is 13.9 Å². The molecule has 0 aliphatic rings. The van der Waals surface area contributed by atoms with Gasteiger partial charge < -0.3 is 16.2 Å². The maximum absolute atomic E-state index is 13.2. The molecule has 0 amide bonds. The molecule has 1 aromatic carbocycles. The molecule has 0 unspecified atom stereocenters. The SMILES string of the molecule is CC(C)(CCCO)CNc1cc(F)cc(F)c1N. The van der Waals surface area contributed by atoms with Crippen LogP contribution in [-0.2, 0) is 0 Å². The molecule has 0 bridgehead atoms. The van der Waals surface area contributed by atoms with Crippen molar-refractivity contribution in [2.45, 2.75) is 26.7 Å². The second kappa shape index (κ2) is 6.00. The number of rotatable bonds is 6. The van der Waals surface area contributed by atoms with Gasteiger partial charge in [0, 0.05) is 19.2 Å². The Kier molecular flexibility index (Phi) is 4.90. The zero-order valence-electron chi connectivity index (χ0n) is 10.8. The van der Waals surface area contributed by atoms with Gasteiger partial charge in [0.15, 0.2) is 5.82 Å². The first-order chi connectivity index (χ1) is 8.35. The molecule has 1 rings (SSSR count). The van der Waals surface area contributed by atoms with Gasteiger partial charge in [-0.15, -0.1) is 0 Å². The first kappa shape index (κ1) is 14.7. The summed E-state index contributed by atoms with van der Waals surface area (Å²) < 4.78 is 26.3. The van der Waals surface area contributed by atoms with E-state index in [0.29, 0.717) is 13.0 Å². The zero-order chi connectivity index (χ0) is 13.8. The van der Waals surface area contributed by atoms with Crippen LogP contribution in [0.4, 0.5) is 20.2 Å².